The number of nitro groups is 1. The summed E-state index contributed by atoms with van der Waals surface area (Å²) >= 11 is 0. The van der Waals surface area contributed by atoms with E-state index in [1.807, 2.05) is 0 Å². The predicted molar refractivity (Wildman–Crippen MR) is 56.5 cm³/mol. The second-order valence-electron chi connectivity index (χ2n) is 3.41. The Labute approximate surface area is 96.2 Å². The number of nitrogens with one attached hydrogen (secondary N) is 1. The van der Waals surface area contributed by atoms with Crippen LogP contribution in [0.3, 0.4) is 0 Å². The molecule has 7 nitrogen and oxygen atoms in total. The number of aromatic carboxylic acids is 1. The third-order valence-electron chi connectivity index (χ3n) is 2.05. The number of nitro benzene ring substituents is 1. The fraction of sp³-hybridized carbons (Fsp3) is 0.200. The van der Waals surface area contributed by atoms with Crippen molar-refractivity contribution in [3.8, 4) is 0 Å². The lowest BCUT2D eigenvalue weighted by Crippen LogP contribution is -2.25. The van der Waals surface area contributed by atoms with Crippen molar-refractivity contribution >= 4 is 23.3 Å². The van der Waals surface area contributed by atoms with Gasteiger partial charge in [-0.1, -0.05) is 0 Å². The van der Waals surface area contributed by atoms with Gasteiger partial charge in [0.1, 0.15) is 0 Å². The molecule has 1 aromatic rings. The first-order valence-electron chi connectivity index (χ1n) is 4.61. The van der Waals surface area contributed by atoms with Gasteiger partial charge in [0.25, 0.3) is 5.69 Å². The molecule has 0 atom stereocenters. The van der Waals surface area contributed by atoms with Gasteiger partial charge in [-0.15, -0.1) is 0 Å². The highest BCUT2D eigenvalue weighted by atomic mass is 16.6. The summed E-state index contributed by atoms with van der Waals surface area (Å²) in [5.74, 6) is -2.05. The summed E-state index contributed by atoms with van der Waals surface area (Å²) in [7, 11) is 0. The third kappa shape index (κ3) is 2.77. The Morgan fingerprint density at radius 2 is 1.94 bits per heavy atom. The summed E-state index contributed by atoms with van der Waals surface area (Å²) in [6.07, 6.45) is 0. The van der Waals surface area contributed by atoms with Crippen molar-refractivity contribution in [3.63, 3.8) is 0 Å². The zero-order valence-corrected chi connectivity index (χ0v) is 9.14. The smallest absolute Gasteiger partial charge is 0.270 e. The minimum Gasteiger partial charge on any atom is -0.545 e. The molecule has 1 rings (SSSR count). The number of hydrogen-bond donors (Lipinski definition) is 1. The molecule has 0 saturated heterocycles. The Morgan fingerprint density at radius 3 is 2.35 bits per heavy atom. The van der Waals surface area contributed by atoms with Gasteiger partial charge in [0, 0.05) is 24.6 Å². The number of nitrogens with zero attached hydrogens (tertiary/aromatic N) is 1. The number of anilines is 1. The fourth-order valence-corrected chi connectivity index (χ4v) is 1.38. The molecule has 0 spiro atoms. The lowest BCUT2D eigenvalue weighted by atomic mass is 10.1. The monoisotopic (exact) mass is 237 g/mol. The van der Waals surface area contributed by atoms with E-state index >= 15 is 0 Å². The predicted octanol–water partition coefficient (Wildman–Crippen LogP) is 0.225. The van der Waals surface area contributed by atoms with Gasteiger partial charge in [-0.25, -0.2) is 0 Å². The quantitative estimate of drug-likeness (QED) is 0.597. The molecule has 0 radical (unpaired) electrons. The molecule has 1 aromatic carbocycles. The summed E-state index contributed by atoms with van der Waals surface area (Å²) in [5, 5.41) is 23.7. The van der Waals surface area contributed by atoms with Crippen LogP contribution in [0.2, 0.25) is 0 Å². The van der Waals surface area contributed by atoms with Crippen LogP contribution in [0.25, 0.3) is 0 Å². The number of carboxylic acid groups (broad SMARTS) is 1. The molecular weight excluding hydrogens is 228 g/mol. The number of carbonyl (C=O) groups is 2. The largest absolute Gasteiger partial charge is 0.545 e. The Morgan fingerprint density at radius 1 is 1.35 bits per heavy atom. The molecule has 0 aliphatic carbocycles. The van der Waals surface area contributed by atoms with E-state index < -0.39 is 22.4 Å². The van der Waals surface area contributed by atoms with E-state index in [0.29, 0.717) is 0 Å². The number of benzene rings is 1. The molecule has 0 bridgehead atoms. The van der Waals surface area contributed by atoms with Crippen molar-refractivity contribution in [1.29, 1.82) is 0 Å². The maximum Gasteiger partial charge on any atom is 0.270 e. The van der Waals surface area contributed by atoms with E-state index in [4.69, 9.17) is 0 Å². The molecule has 0 fully saturated rings. The molecule has 17 heavy (non-hydrogen) atoms. The van der Waals surface area contributed by atoms with Gasteiger partial charge in [-0.2, -0.15) is 0 Å². The number of hydrogen-bond acceptors (Lipinski definition) is 5. The SMILES string of the molecule is CC(=O)Nc1c(C)cc([N+](=O)[O-])cc1C(=O)[O-]. The van der Waals surface area contributed by atoms with Crippen LogP contribution >= 0.6 is 0 Å². The number of carbonyl (C=O) groups excluding carboxylic acids is 2. The summed E-state index contributed by atoms with van der Waals surface area (Å²) in [6.45, 7) is 2.67. The second-order valence-corrected chi connectivity index (χ2v) is 3.41. The van der Waals surface area contributed by atoms with Gasteiger partial charge in [0.2, 0.25) is 5.91 Å². The average molecular weight is 237 g/mol. The van der Waals surface area contributed by atoms with Crippen LogP contribution < -0.4 is 10.4 Å². The summed E-state index contributed by atoms with van der Waals surface area (Å²) in [5.41, 5.74) is -0.473. The molecular formula is C10H9N2O5-. The van der Waals surface area contributed by atoms with Gasteiger partial charge in [-0.3, -0.25) is 14.9 Å². The molecule has 1 N–H and O–H groups in total. The lowest BCUT2D eigenvalue weighted by Gasteiger charge is -2.13. The van der Waals surface area contributed by atoms with E-state index in [9.17, 15) is 24.8 Å². The Bertz CT molecular complexity index is 510. The van der Waals surface area contributed by atoms with Crippen LogP contribution in [0.4, 0.5) is 11.4 Å². The average Bonchev–Trinajstić information content (AvgIpc) is 2.19. The van der Waals surface area contributed by atoms with Crippen molar-refractivity contribution in [1.82, 2.24) is 0 Å². The molecule has 0 aliphatic rings. The van der Waals surface area contributed by atoms with Crippen molar-refractivity contribution < 1.29 is 19.6 Å². The van der Waals surface area contributed by atoms with Gasteiger partial charge in [0.05, 0.1) is 16.6 Å². The first kappa shape index (κ1) is 12.6. The Balaban J connectivity index is 3.43. The first-order chi connectivity index (χ1) is 7.82. The molecule has 0 aromatic heterocycles. The van der Waals surface area contributed by atoms with E-state index in [1.54, 1.807) is 0 Å². The third-order valence-corrected chi connectivity index (χ3v) is 2.05. The highest BCUT2D eigenvalue weighted by molar-refractivity contribution is 6.00. The van der Waals surface area contributed by atoms with Crippen molar-refractivity contribution in [2.75, 3.05) is 5.32 Å². The fourth-order valence-electron chi connectivity index (χ4n) is 1.38. The van der Waals surface area contributed by atoms with Gasteiger partial charge in [0.15, 0.2) is 0 Å². The van der Waals surface area contributed by atoms with Crippen LogP contribution in [-0.4, -0.2) is 16.8 Å². The van der Waals surface area contributed by atoms with Crippen molar-refractivity contribution in [2.45, 2.75) is 13.8 Å². The first-order valence-corrected chi connectivity index (χ1v) is 4.61. The van der Waals surface area contributed by atoms with E-state index in [0.717, 1.165) is 6.07 Å². The van der Waals surface area contributed by atoms with Crippen LogP contribution in [0.1, 0.15) is 22.8 Å². The Kier molecular flexibility index (Phi) is 3.42. The van der Waals surface area contributed by atoms with Crippen LogP contribution in [0.15, 0.2) is 12.1 Å². The summed E-state index contributed by atoms with van der Waals surface area (Å²) < 4.78 is 0. The van der Waals surface area contributed by atoms with Crippen LogP contribution in [0, 0.1) is 17.0 Å². The minimum atomic E-state index is -1.58. The minimum absolute atomic E-state index is 0.0168. The standard InChI is InChI=1S/C10H10N2O5/c1-5-3-7(12(16)17)4-8(10(14)15)9(5)11-6(2)13/h3-4H,1-2H3,(H,11,13)(H,14,15)/p-1. The number of rotatable bonds is 3. The molecule has 0 unspecified atom stereocenters. The molecule has 0 aliphatic heterocycles. The lowest BCUT2D eigenvalue weighted by molar-refractivity contribution is -0.385. The van der Waals surface area contributed by atoms with Crippen LogP contribution in [0.5, 0.6) is 0 Å². The maximum absolute atomic E-state index is 10.9. The maximum atomic E-state index is 10.9. The van der Waals surface area contributed by atoms with E-state index in [2.05, 4.69) is 5.32 Å². The zero-order chi connectivity index (χ0) is 13.2. The number of amides is 1. The Hall–Kier alpha value is -2.44. The molecule has 0 saturated carbocycles. The number of carboxylic acids is 1. The van der Waals surface area contributed by atoms with E-state index in [1.165, 1.54) is 19.9 Å². The molecule has 0 heterocycles. The molecule has 1 amide bonds. The highest BCUT2D eigenvalue weighted by Gasteiger charge is 2.15. The van der Waals surface area contributed by atoms with Crippen molar-refractivity contribution in [3.05, 3.63) is 33.4 Å². The van der Waals surface area contributed by atoms with E-state index in [-0.39, 0.29) is 16.9 Å². The number of aryl methyl sites for hydroxylation is 1. The molecule has 90 valence electrons. The second kappa shape index (κ2) is 4.60. The summed E-state index contributed by atoms with van der Waals surface area (Å²) in [6, 6.07) is 2.03. The topological polar surface area (TPSA) is 112 Å². The summed E-state index contributed by atoms with van der Waals surface area (Å²) in [4.78, 5) is 31.6. The van der Waals surface area contributed by atoms with Gasteiger partial charge >= 0.3 is 0 Å². The van der Waals surface area contributed by atoms with Crippen molar-refractivity contribution in [2.24, 2.45) is 0 Å². The van der Waals surface area contributed by atoms with Gasteiger partial charge in [-0.05, 0) is 12.5 Å². The highest BCUT2D eigenvalue weighted by Crippen LogP contribution is 2.26. The van der Waals surface area contributed by atoms with Gasteiger partial charge < -0.3 is 15.2 Å². The molecule has 7 heteroatoms. The normalized spacial score (nSPS) is 9.76. The zero-order valence-electron chi connectivity index (χ0n) is 9.14. The number of non-ortho nitro benzene ring substituents is 1. The van der Waals surface area contributed by atoms with Crippen LogP contribution in [-0.2, 0) is 4.79 Å².